The Kier molecular flexibility index (Phi) is 31.3. The number of carbonyl (C=O) groups is 4. The van der Waals surface area contributed by atoms with Crippen LogP contribution >= 0.6 is 0 Å². The lowest BCUT2D eigenvalue weighted by Crippen LogP contribution is -2.54. The summed E-state index contributed by atoms with van der Waals surface area (Å²) in [6.45, 7) is 10.9. The maximum Gasteiger partial charge on any atom is 0.312 e. The van der Waals surface area contributed by atoms with Gasteiger partial charge in [-0.15, -0.1) is 0 Å². The van der Waals surface area contributed by atoms with E-state index in [1.54, 1.807) is 38.1 Å². The molecular weight excluding hydrogens is 736 g/mol. The molecule has 0 aromatic heterocycles. The van der Waals surface area contributed by atoms with E-state index in [0.29, 0.717) is 117 Å². The quantitative estimate of drug-likeness (QED) is 0.0426. The molecule has 1 aromatic rings. The van der Waals surface area contributed by atoms with Crippen molar-refractivity contribution in [3.05, 3.63) is 29.8 Å². The van der Waals surface area contributed by atoms with Gasteiger partial charge in [0.25, 0.3) is 0 Å². The Morgan fingerprint density at radius 2 is 1.09 bits per heavy atom. The lowest BCUT2D eigenvalue weighted by Gasteiger charge is -2.25. The van der Waals surface area contributed by atoms with Gasteiger partial charge >= 0.3 is 6.03 Å². The molecule has 0 heterocycles. The number of nitrogens with one attached hydrogen (secondary N) is 4. The lowest BCUT2D eigenvalue weighted by atomic mass is 10.0. The first-order valence-electron chi connectivity index (χ1n) is 19.1. The molecule has 9 N–H and O–H groups in total. The highest BCUT2D eigenvalue weighted by Crippen LogP contribution is 2.12. The first kappa shape index (κ1) is 50.5. The number of rotatable bonds is 37. The number of hydrogen-bond donors (Lipinski definition) is 7. The van der Waals surface area contributed by atoms with Crippen molar-refractivity contribution in [2.24, 2.45) is 17.4 Å². The topological polar surface area (TPSA) is 263 Å². The summed E-state index contributed by atoms with van der Waals surface area (Å²) in [5, 5.41) is 20.0. The third-order valence-electron chi connectivity index (χ3n) is 7.61. The Balaban J connectivity index is 2.16. The smallest absolute Gasteiger partial charge is 0.312 e. The van der Waals surface area contributed by atoms with Crippen LogP contribution in [-0.2, 0) is 58.9 Å². The predicted octanol–water partition coefficient (Wildman–Crippen LogP) is -0.327. The largest absolute Gasteiger partial charge is 0.392 e. The highest BCUT2D eigenvalue weighted by molar-refractivity contribution is 5.98. The molecule has 1 rings (SSSR count). The van der Waals surface area contributed by atoms with E-state index in [2.05, 4.69) is 21.3 Å². The third-order valence-corrected chi connectivity index (χ3v) is 7.61. The van der Waals surface area contributed by atoms with Crippen molar-refractivity contribution in [2.45, 2.75) is 51.8 Å². The number of hydrogen-bond acceptors (Lipinski definition) is 14. The minimum absolute atomic E-state index is 0.0213. The standard InChI is InChI=1S/C37H66N6O13/c1-29(2)34(36(47)42-32(4-3-11-40-37(39)48)35(46)41-31-7-5-30(28-44)6-8-31)43-33(45)9-12-49-14-16-51-18-20-53-22-24-55-26-27-56-25-23-54-21-19-52-17-15-50-13-10-38/h5-8,29,32,34,44H,3-4,9-28,38H2,1-2H3,(H,41,46)(H,42,47)(H,43,45)(H3,39,40,48)/t32-,34-/m0/s1. The first-order valence-corrected chi connectivity index (χ1v) is 19.1. The SMILES string of the molecule is CC(C)[C@H](NC(=O)CCOCCOCCOCCOCCOCCOCCOCCOCCN)C(=O)N[C@@H](CCCNC(N)=O)C(=O)Nc1ccc(CO)cc1. The van der Waals surface area contributed by atoms with Gasteiger partial charge in [-0.05, 0) is 36.5 Å². The minimum Gasteiger partial charge on any atom is -0.392 e. The second-order valence-corrected chi connectivity index (χ2v) is 12.6. The Morgan fingerprint density at radius 3 is 1.50 bits per heavy atom. The summed E-state index contributed by atoms with van der Waals surface area (Å²) in [5.74, 6) is -1.67. The zero-order chi connectivity index (χ0) is 41.1. The van der Waals surface area contributed by atoms with Crippen molar-refractivity contribution >= 4 is 29.4 Å². The summed E-state index contributed by atoms with van der Waals surface area (Å²) >= 11 is 0. The fraction of sp³-hybridized carbons (Fsp3) is 0.730. The van der Waals surface area contributed by atoms with E-state index >= 15 is 0 Å². The van der Waals surface area contributed by atoms with Crippen molar-refractivity contribution in [3.63, 3.8) is 0 Å². The Bertz CT molecular complexity index is 1170. The van der Waals surface area contributed by atoms with Gasteiger partial charge in [0.15, 0.2) is 0 Å². The monoisotopic (exact) mass is 802 g/mol. The maximum atomic E-state index is 13.3. The van der Waals surface area contributed by atoms with Crippen LogP contribution in [0, 0.1) is 5.92 Å². The van der Waals surface area contributed by atoms with Crippen molar-refractivity contribution in [2.75, 3.05) is 124 Å². The van der Waals surface area contributed by atoms with E-state index in [-0.39, 0.29) is 51.0 Å². The molecule has 0 unspecified atom stereocenters. The van der Waals surface area contributed by atoms with Crippen LogP contribution in [0.3, 0.4) is 0 Å². The molecular formula is C37H66N6O13. The molecule has 322 valence electrons. The molecule has 0 aliphatic rings. The van der Waals surface area contributed by atoms with Gasteiger partial charge in [0.2, 0.25) is 17.7 Å². The number of primary amides is 1. The highest BCUT2D eigenvalue weighted by Gasteiger charge is 2.28. The summed E-state index contributed by atoms with van der Waals surface area (Å²) in [5.41, 5.74) is 11.6. The number of ether oxygens (including phenoxy) is 8. The molecule has 0 fully saturated rings. The van der Waals surface area contributed by atoms with E-state index in [1.807, 2.05) is 0 Å². The van der Waals surface area contributed by atoms with Crippen LogP contribution in [-0.4, -0.2) is 160 Å². The van der Waals surface area contributed by atoms with E-state index < -0.39 is 29.9 Å². The number of carbonyl (C=O) groups excluding carboxylic acids is 4. The third kappa shape index (κ3) is 28.0. The zero-order valence-electron chi connectivity index (χ0n) is 33.1. The summed E-state index contributed by atoms with van der Waals surface area (Å²) in [4.78, 5) is 50.2. The van der Waals surface area contributed by atoms with E-state index in [1.165, 1.54) is 0 Å². The van der Waals surface area contributed by atoms with Crippen LogP contribution in [0.25, 0.3) is 0 Å². The second kappa shape index (κ2) is 34.7. The lowest BCUT2D eigenvalue weighted by molar-refractivity contribution is -0.132. The number of benzene rings is 1. The minimum atomic E-state index is -0.965. The van der Waals surface area contributed by atoms with Gasteiger partial charge in [-0.2, -0.15) is 0 Å². The van der Waals surface area contributed by atoms with Crippen molar-refractivity contribution in [1.29, 1.82) is 0 Å². The summed E-state index contributed by atoms with van der Waals surface area (Å²) in [6, 6.07) is 4.04. The molecule has 0 bridgehead atoms. The van der Waals surface area contributed by atoms with Gasteiger partial charge in [-0.3, -0.25) is 14.4 Å². The van der Waals surface area contributed by atoms with Gasteiger partial charge in [0.05, 0.1) is 112 Å². The highest BCUT2D eigenvalue weighted by atomic mass is 16.6. The fourth-order valence-corrected chi connectivity index (χ4v) is 4.64. The summed E-state index contributed by atoms with van der Waals surface area (Å²) in [7, 11) is 0. The maximum absolute atomic E-state index is 13.3. The molecule has 0 radical (unpaired) electrons. The molecule has 19 heteroatoms. The van der Waals surface area contributed by atoms with E-state index in [0.717, 1.165) is 0 Å². The van der Waals surface area contributed by atoms with Gasteiger partial charge in [0, 0.05) is 25.2 Å². The normalized spacial score (nSPS) is 12.3. The Morgan fingerprint density at radius 1 is 0.643 bits per heavy atom. The van der Waals surface area contributed by atoms with Crippen LogP contribution in [0.2, 0.25) is 0 Å². The fourth-order valence-electron chi connectivity index (χ4n) is 4.64. The van der Waals surface area contributed by atoms with Gasteiger partial charge in [0.1, 0.15) is 12.1 Å². The number of amides is 5. The van der Waals surface area contributed by atoms with Crippen LogP contribution in [0.4, 0.5) is 10.5 Å². The van der Waals surface area contributed by atoms with Gasteiger partial charge < -0.3 is 75.7 Å². The first-order chi connectivity index (χ1) is 27.2. The molecule has 0 aliphatic carbocycles. The van der Waals surface area contributed by atoms with Gasteiger partial charge in [-0.25, -0.2) is 4.79 Å². The molecule has 5 amide bonds. The molecule has 0 aliphatic heterocycles. The zero-order valence-corrected chi connectivity index (χ0v) is 33.1. The second-order valence-electron chi connectivity index (χ2n) is 12.6. The van der Waals surface area contributed by atoms with Crippen LogP contribution in [0.15, 0.2) is 24.3 Å². The van der Waals surface area contributed by atoms with Crippen molar-refractivity contribution in [3.8, 4) is 0 Å². The van der Waals surface area contributed by atoms with Crippen LogP contribution in [0.5, 0.6) is 0 Å². The summed E-state index contributed by atoms with van der Waals surface area (Å²) < 4.78 is 43.4. The molecule has 2 atom stereocenters. The average Bonchev–Trinajstić information content (AvgIpc) is 3.18. The molecule has 0 spiro atoms. The van der Waals surface area contributed by atoms with E-state index in [4.69, 9.17) is 49.4 Å². The number of urea groups is 1. The predicted molar refractivity (Wildman–Crippen MR) is 207 cm³/mol. The number of aliphatic hydroxyl groups is 1. The Hall–Kier alpha value is -3.50. The molecule has 19 nitrogen and oxygen atoms in total. The van der Waals surface area contributed by atoms with Crippen LogP contribution in [0.1, 0.15) is 38.7 Å². The van der Waals surface area contributed by atoms with E-state index in [9.17, 15) is 24.3 Å². The molecule has 0 saturated heterocycles. The number of aliphatic hydroxyl groups excluding tert-OH is 1. The van der Waals surface area contributed by atoms with Crippen molar-refractivity contribution < 1.29 is 62.2 Å². The number of anilines is 1. The molecule has 1 aromatic carbocycles. The number of nitrogens with two attached hydrogens (primary N) is 2. The average molecular weight is 803 g/mol. The summed E-state index contributed by atoms with van der Waals surface area (Å²) in [6.07, 6.45) is 0.572. The van der Waals surface area contributed by atoms with Crippen molar-refractivity contribution in [1.82, 2.24) is 16.0 Å². The molecule has 56 heavy (non-hydrogen) atoms. The van der Waals surface area contributed by atoms with Gasteiger partial charge in [-0.1, -0.05) is 26.0 Å². The van der Waals surface area contributed by atoms with Crippen LogP contribution < -0.4 is 32.7 Å². The Labute approximate surface area is 330 Å². The molecule has 0 saturated carbocycles.